The Kier molecular flexibility index (Phi) is 7.69. The number of allylic oxidation sites excluding steroid dienone is 2. The highest BCUT2D eigenvalue weighted by Crippen LogP contribution is 2.37. The molecule has 1 saturated heterocycles. The molecule has 1 aromatic carbocycles. The van der Waals surface area contributed by atoms with Gasteiger partial charge in [0.25, 0.3) is 0 Å². The number of fused-ring (bicyclic) bond motifs is 2. The van der Waals surface area contributed by atoms with E-state index in [1.54, 1.807) is 0 Å². The number of likely N-dealkylation sites (N-methyl/N-ethyl adjacent to an activating group) is 1. The molecule has 3 atom stereocenters. The van der Waals surface area contributed by atoms with Gasteiger partial charge in [-0.2, -0.15) is 0 Å². The Balaban J connectivity index is 1.62. The highest BCUT2D eigenvalue weighted by atomic mass is 16.2. The average molecular weight is 480 g/mol. The first kappa shape index (κ1) is 25.1. The molecule has 3 amide bonds. The number of benzene rings is 1. The Labute approximate surface area is 207 Å². The lowest BCUT2D eigenvalue weighted by Gasteiger charge is -2.27. The Morgan fingerprint density at radius 2 is 1.71 bits per heavy atom. The van der Waals surface area contributed by atoms with Crippen molar-refractivity contribution in [2.24, 2.45) is 17.8 Å². The molecule has 1 aromatic heterocycles. The van der Waals surface area contributed by atoms with E-state index < -0.39 is 6.04 Å². The summed E-state index contributed by atoms with van der Waals surface area (Å²) < 4.78 is 2.02. The van der Waals surface area contributed by atoms with Gasteiger partial charge >= 0.3 is 0 Å². The number of nitrogens with one attached hydrogen (secondary N) is 1. The number of hydrogen-bond acceptors (Lipinski definition) is 5. The summed E-state index contributed by atoms with van der Waals surface area (Å²) in [5.41, 5.74) is 1.74. The standard InChI is InChI=1S/C27H37N5O3/c1-5-30(6-2)15-16-31-22-14-10-9-13-21(22)28-27(31)29-24(33)23(17-18(3)4)32-25(34)19-11-7-8-12-20(19)26(32)35/h7-10,13-14,18-20,23H,5-6,11-12,15-17H2,1-4H3,(H,28,29,33)/t19-,20-,23+/m1/s1. The minimum atomic E-state index is -0.850. The van der Waals surface area contributed by atoms with E-state index >= 15 is 0 Å². The normalized spacial score (nSPS) is 20.8. The van der Waals surface area contributed by atoms with Gasteiger partial charge < -0.3 is 9.47 Å². The first-order valence-corrected chi connectivity index (χ1v) is 12.9. The van der Waals surface area contributed by atoms with Crippen LogP contribution in [0.5, 0.6) is 0 Å². The molecule has 0 saturated carbocycles. The summed E-state index contributed by atoms with van der Waals surface area (Å²) in [5, 5.41) is 3.00. The fourth-order valence-corrected chi connectivity index (χ4v) is 5.28. The number of amides is 3. The van der Waals surface area contributed by atoms with Gasteiger partial charge in [-0.25, -0.2) is 4.98 Å². The first-order chi connectivity index (χ1) is 16.8. The lowest BCUT2D eigenvalue weighted by Crippen LogP contribution is -2.48. The van der Waals surface area contributed by atoms with E-state index in [1.807, 2.05) is 54.8 Å². The topological polar surface area (TPSA) is 87.5 Å². The lowest BCUT2D eigenvalue weighted by atomic mass is 9.85. The maximum atomic E-state index is 13.7. The van der Waals surface area contributed by atoms with E-state index in [2.05, 4.69) is 24.1 Å². The molecule has 2 heterocycles. The van der Waals surface area contributed by atoms with Crippen LogP contribution in [0, 0.1) is 17.8 Å². The Morgan fingerprint density at radius 1 is 1.09 bits per heavy atom. The predicted octanol–water partition coefficient (Wildman–Crippen LogP) is 3.68. The summed E-state index contributed by atoms with van der Waals surface area (Å²) in [7, 11) is 0. The zero-order valence-electron chi connectivity index (χ0n) is 21.2. The average Bonchev–Trinajstić information content (AvgIpc) is 3.32. The van der Waals surface area contributed by atoms with Crippen LogP contribution < -0.4 is 5.32 Å². The minimum Gasteiger partial charge on any atom is -0.309 e. The fraction of sp³-hybridized carbons (Fsp3) is 0.556. The smallest absolute Gasteiger partial charge is 0.249 e. The van der Waals surface area contributed by atoms with Crippen LogP contribution in [0.3, 0.4) is 0 Å². The number of likely N-dealkylation sites (tertiary alicyclic amines) is 1. The van der Waals surface area contributed by atoms with Crippen molar-refractivity contribution in [1.82, 2.24) is 19.4 Å². The number of carbonyl (C=O) groups is 3. The SMILES string of the molecule is CCN(CC)CCn1c(NC(=O)[C@H](CC(C)C)N2C(=O)[C@@H]3CC=CC[C@H]3C2=O)nc2ccccc21. The van der Waals surface area contributed by atoms with Crippen molar-refractivity contribution in [3.8, 4) is 0 Å². The largest absolute Gasteiger partial charge is 0.309 e. The summed E-state index contributed by atoms with van der Waals surface area (Å²) in [4.78, 5) is 48.4. The quantitative estimate of drug-likeness (QED) is 0.415. The molecule has 2 aromatic rings. The van der Waals surface area contributed by atoms with E-state index in [4.69, 9.17) is 4.98 Å². The summed E-state index contributed by atoms with van der Waals surface area (Å²) in [6.07, 6.45) is 5.46. The zero-order valence-corrected chi connectivity index (χ0v) is 21.2. The Bertz CT molecular complexity index is 1090. The molecular formula is C27H37N5O3. The van der Waals surface area contributed by atoms with E-state index in [1.165, 1.54) is 4.90 Å². The van der Waals surface area contributed by atoms with Crippen LogP contribution in [0.1, 0.15) is 47.0 Å². The van der Waals surface area contributed by atoms with Crippen LogP contribution >= 0.6 is 0 Å². The van der Waals surface area contributed by atoms with E-state index in [0.29, 0.717) is 31.8 Å². The van der Waals surface area contributed by atoms with Crippen molar-refractivity contribution in [3.05, 3.63) is 36.4 Å². The van der Waals surface area contributed by atoms with Crippen LogP contribution in [0.15, 0.2) is 36.4 Å². The van der Waals surface area contributed by atoms with Crippen LogP contribution in [-0.2, 0) is 20.9 Å². The Morgan fingerprint density at radius 3 is 2.31 bits per heavy atom. The molecule has 188 valence electrons. The van der Waals surface area contributed by atoms with Gasteiger partial charge in [0, 0.05) is 13.1 Å². The molecule has 1 fully saturated rings. The van der Waals surface area contributed by atoms with Crippen molar-refractivity contribution < 1.29 is 14.4 Å². The molecule has 1 aliphatic carbocycles. The number of para-hydroxylation sites is 2. The van der Waals surface area contributed by atoms with Gasteiger partial charge in [0.15, 0.2) is 0 Å². The number of hydrogen-bond donors (Lipinski definition) is 1. The van der Waals surface area contributed by atoms with Crippen molar-refractivity contribution in [3.63, 3.8) is 0 Å². The van der Waals surface area contributed by atoms with Crippen LogP contribution in [0.25, 0.3) is 11.0 Å². The van der Waals surface area contributed by atoms with Gasteiger partial charge in [-0.3, -0.25) is 24.6 Å². The first-order valence-electron chi connectivity index (χ1n) is 12.9. The molecule has 0 radical (unpaired) electrons. The second-order valence-corrected chi connectivity index (χ2v) is 9.94. The van der Waals surface area contributed by atoms with Crippen LogP contribution in [0.4, 0.5) is 5.95 Å². The van der Waals surface area contributed by atoms with Gasteiger partial charge in [-0.15, -0.1) is 0 Å². The molecule has 8 nitrogen and oxygen atoms in total. The lowest BCUT2D eigenvalue weighted by molar-refractivity contribution is -0.147. The summed E-state index contributed by atoms with van der Waals surface area (Å²) in [6.45, 7) is 11.6. The van der Waals surface area contributed by atoms with Gasteiger partial charge in [0.05, 0.1) is 22.9 Å². The highest BCUT2D eigenvalue weighted by Gasteiger charge is 2.51. The van der Waals surface area contributed by atoms with E-state index in [9.17, 15) is 14.4 Å². The number of rotatable bonds is 10. The third kappa shape index (κ3) is 5.03. The van der Waals surface area contributed by atoms with E-state index in [-0.39, 0.29) is 35.5 Å². The van der Waals surface area contributed by atoms with Crippen LogP contribution in [-0.4, -0.2) is 62.7 Å². The molecule has 4 rings (SSSR count). The number of nitrogens with zero attached hydrogens (tertiary/aromatic N) is 4. The third-order valence-corrected chi connectivity index (χ3v) is 7.27. The number of aromatic nitrogens is 2. The molecule has 35 heavy (non-hydrogen) atoms. The Hall–Kier alpha value is -3.00. The van der Waals surface area contributed by atoms with Crippen molar-refractivity contribution >= 4 is 34.7 Å². The monoisotopic (exact) mass is 479 g/mol. The van der Waals surface area contributed by atoms with Crippen molar-refractivity contribution in [1.29, 1.82) is 0 Å². The fourth-order valence-electron chi connectivity index (χ4n) is 5.28. The number of anilines is 1. The molecule has 0 spiro atoms. The van der Waals surface area contributed by atoms with E-state index in [0.717, 1.165) is 30.7 Å². The van der Waals surface area contributed by atoms with Gasteiger partial charge in [0.1, 0.15) is 6.04 Å². The zero-order chi connectivity index (χ0) is 25.1. The third-order valence-electron chi connectivity index (χ3n) is 7.27. The van der Waals surface area contributed by atoms with Gasteiger partial charge in [-0.1, -0.05) is 52.0 Å². The minimum absolute atomic E-state index is 0.133. The van der Waals surface area contributed by atoms with Crippen LogP contribution in [0.2, 0.25) is 0 Å². The molecule has 1 N–H and O–H groups in total. The second kappa shape index (κ2) is 10.7. The summed E-state index contributed by atoms with van der Waals surface area (Å²) in [5.74, 6) is -0.919. The molecule has 1 aliphatic heterocycles. The maximum Gasteiger partial charge on any atom is 0.249 e. The highest BCUT2D eigenvalue weighted by molar-refractivity contribution is 6.10. The van der Waals surface area contributed by atoms with Gasteiger partial charge in [0.2, 0.25) is 23.7 Å². The molecule has 8 heteroatoms. The molecule has 0 unspecified atom stereocenters. The summed E-state index contributed by atoms with van der Waals surface area (Å²) in [6, 6.07) is 6.96. The van der Waals surface area contributed by atoms with Crippen molar-refractivity contribution in [2.75, 3.05) is 25.0 Å². The summed E-state index contributed by atoms with van der Waals surface area (Å²) >= 11 is 0. The number of imidazole rings is 1. The maximum absolute atomic E-state index is 13.7. The molecular weight excluding hydrogens is 442 g/mol. The second-order valence-electron chi connectivity index (χ2n) is 9.94. The number of carbonyl (C=O) groups excluding carboxylic acids is 3. The molecule has 2 aliphatic rings. The van der Waals surface area contributed by atoms with Gasteiger partial charge in [-0.05, 0) is 50.4 Å². The van der Waals surface area contributed by atoms with Crippen molar-refractivity contribution in [2.45, 2.75) is 59.5 Å². The molecule has 0 bridgehead atoms. The number of imide groups is 1. The predicted molar refractivity (Wildman–Crippen MR) is 137 cm³/mol.